The van der Waals surface area contributed by atoms with Gasteiger partial charge in [0.15, 0.2) is 0 Å². The van der Waals surface area contributed by atoms with Crippen LogP contribution in [0, 0.1) is 11.7 Å². The largest absolute Gasteiger partial charge is 0.319 e. The van der Waals surface area contributed by atoms with Gasteiger partial charge in [-0.25, -0.2) is 9.37 Å². The third kappa shape index (κ3) is 3.62. The first kappa shape index (κ1) is 13.2. The van der Waals surface area contributed by atoms with Crippen molar-refractivity contribution in [3.05, 3.63) is 52.2 Å². The van der Waals surface area contributed by atoms with Gasteiger partial charge in [-0.1, -0.05) is 18.2 Å². The van der Waals surface area contributed by atoms with Gasteiger partial charge in [-0.2, -0.15) is 0 Å². The summed E-state index contributed by atoms with van der Waals surface area (Å²) in [5, 5.41) is 6.27. The SMILES string of the molecule is CNCC(Cc1nccs1)Cc1ccccc1F. The molecule has 1 unspecified atom stereocenters. The molecule has 1 aromatic carbocycles. The lowest BCUT2D eigenvalue weighted by Gasteiger charge is -2.15. The summed E-state index contributed by atoms with van der Waals surface area (Å²) in [4.78, 5) is 4.30. The smallest absolute Gasteiger partial charge is 0.126 e. The molecule has 96 valence electrons. The molecule has 0 bridgehead atoms. The van der Waals surface area contributed by atoms with Gasteiger partial charge < -0.3 is 5.32 Å². The Morgan fingerprint density at radius 1 is 1.33 bits per heavy atom. The van der Waals surface area contributed by atoms with E-state index < -0.39 is 0 Å². The minimum absolute atomic E-state index is 0.113. The van der Waals surface area contributed by atoms with Gasteiger partial charge >= 0.3 is 0 Å². The standard InChI is InChI=1S/C14H17FN2S/c1-16-10-11(9-14-17-6-7-18-14)8-12-4-2-3-5-13(12)15/h2-7,11,16H,8-10H2,1H3. The number of benzene rings is 1. The molecule has 0 saturated heterocycles. The molecule has 1 atom stereocenters. The highest BCUT2D eigenvalue weighted by Gasteiger charge is 2.13. The Labute approximate surface area is 111 Å². The average molecular weight is 264 g/mol. The maximum absolute atomic E-state index is 13.6. The molecule has 1 heterocycles. The summed E-state index contributed by atoms with van der Waals surface area (Å²) >= 11 is 1.66. The second kappa shape index (κ2) is 6.61. The number of nitrogens with one attached hydrogen (secondary N) is 1. The molecule has 4 heteroatoms. The second-order valence-corrected chi connectivity index (χ2v) is 5.33. The van der Waals surface area contributed by atoms with Crippen LogP contribution in [0.4, 0.5) is 4.39 Å². The van der Waals surface area contributed by atoms with E-state index in [-0.39, 0.29) is 5.82 Å². The molecule has 2 nitrogen and oxygen atoms in total. The molecule has 0 amide bonds. The number of nitrogens with zero attached hydrogens (tertiary/aromatic N) is 1. The van der Waals surface area contributed by atoms with Crippen LogP contribution in [0.25, 0.3) is 0 Å². The van der Waals surface area contributed by atoms with Crippen molar-refractivity contribution < 1.29 is 4.39 Å². The minimum Gasteiger partial charge on any atom is -0.319 e. The van der Waals surface area contributed by atoms with Crippen LogP contribution in [-0.4, -0.2) is 18.6 Å². The molecule has 2 aromatic rings. The lowest BCUT2D eigenvalue weighted by atomic mass is 9.96. The number of hydrogen-bond acceptors (Lipinski definition) is 3. The van der Waals surface area contributed by atoms with Crippen molar-refractivity contribution in [1.29, 1.82) is 0 Å². The van der Waals surface area contributed by atoms with E-state index in [1.807, 2.05) is 30.8 Å². The lowest BCUT2D eigenvalue weighted by molar-refractivity contribution is 0.479. The van der Waals surface area contributed by atoms with E-state index in [1.165, 1.54) is 6.07 Å². The number of hydrogen-bond donors (Lipinski definition) is 1. The van der Waals surface area contributed by atoms with E-state index in [0.29, 0.717) is 5.92 Å². The fraction of sp³-hybridized carbons (Fsp3) is 0.357. The van der Waals surface area contributed by atoms with Crippen LogP contribution in [0.2, 0.25) is 0 Å². The van der Waals surface area contributed by atoms with Gasteiger partial charge in [-0.05, 0) is 37.6 Å². The van der Waals surface area contributed by atoms with E-state index in [0.717, 1.165) is 30.0 Å². The van der Waals surface area contributed by atoms with Gasteiger partial charge in [-0.15, -0.1) is 11.3 Å². The van der Waals surface area contributed by atoms with Crippen LogP contribution in [0.5, 0.6) is 0 Å². The van der Waals surface area contributed by atoms with Crippen LogP contribution < -0.4 is 5.32 Å². The van der Waals surface area contributed by atoms with Gasteiger partial charge in [0.1, 0.15) is 5.82 Å². The Balaban J connectivity index is 2.04. The summed E-state index contributed by atoms with van der Waals surface area (Å²) in [6, 6.07) is 7.00. The van der Waals surface area contributed by atoms with Crippen LogP contribution in [0.3, 0.4) is 0 Å². The van der Waals surface area contributed by atoms with Crippen LogP contribution in [0.1, 0.15) is 10.6 Å². The van der Waals surface area contributed by atoms with Gasteiger partial charge in [-0.3, -0.25) is 0 Å². The Morgan fingerprint density at radius 2 is 2.17 bits per heavy atom. The summed E-state index contributed by atoms with van der Waals surface area (Å²) in [5.74, 6) is 0.260. The first-order chi connectivity index (χ1) is 8.79. The molecule has 0 spiro atoms. The highest BCUT2D eigenvalue weighted by Crippen LogP contribution is 2.17. The molecule has 1 aromatic heterocycles. The average Bonchev–Trinajstić information content (AvgIpc) is 2.85. The summed E-state index contributed by atoms with van der Waals surface area (Å²) < 4.78 is 13.6. The first-order valence-corrected chi connectivity index (χ1v) is 6.94. The molecule has 0 aliphatic heterocycles. The predicted molar refractivity (Wildman–Crippen MR) is 73.3 cm³/mol. The van der Waals surface area contributed by atoms with E-state index >= 15 is 0 Å². The van der Waals surface area contributed by atoms with E-state index in [4.69, 9.17) is 0 Å². The Morgan fingerprint density at radius 3 is 2.83 bits per heavy atom. The number of rotatable bonds is 6. The van der Waals surface area contributed by atoms with Gasteiger partial charge in [0.25, 0.3) is 0 Å². The predicted octanol–water partition coefficient (Wildman–Crippen LogP) is 2.90. The molecule has 0 aliphatic rings. The molecule has 0 radical (unpaired) electrons. The number of aromatic nitrogens is 1. The van der Waals surface area contributed by atoms with Crippen molar-refractivity contribution >= 4 is 11.3 Å². The molecule has 18 heavy (non-hydrogen) atoms. The molecule has 1 N–H and O–H groups in total. The summed E-state index contributed by atoms with van der Waals surface area (Å²) in [6.07, 6.45) is 3.46. The summed E-state index contributed by atoms with van der Waals surface area (Å²) in [7, 11) is 1.93. The minimum atomic E-state index is -0.113. The summed E-state index contributed by atoms with van der Waals surface area (Å²) in [5.41, 5.74) is 0.786. The fourth-order valence-corrected chi connectivity index (χ4v) is 2.81. The normalized spacial score (nSPS) is 12.6. The summed E-state index contributed by atoms with van der Waals surface area (Å²) in [6.45, 7) is 0.869. The van der Waals surface area contributed by atoms with Crippen molar-refractivity contribution in [3.63, 3.8) is 0 Å². The zero-order chi connectivity index (χ0) is 12.8. The molecular formula is C14H17FN2S. The zero-order valence-electron chi connectivity index (χ0n) is 10.4. The van der Waals surface area contributed by atoms with E-state index in [1.54, 1.807) is 17.4 Å². The molecule has 0 saturated carbocycles. The van der Waals surface area contributed by atoms with Crippen molar-refractivity contribution in [2.45, 2.75) is 12.8 Å². The van der Waals surface area contributed by atoms with Crippen LogP contribution >= 0.6 is 11.3 Å². The molecule has 0 aliphatic carbocycles. The third-order valence-corrected chi connectivity index (χ3v) is 3.71. The highest BCUT2D eigenvalue weighted by atomic mass is 32.1. The van der Waals surface area contributed by atoms with Crippen LogP contribution in [0.15, 0.2) is 35.8 Å². The number of thiazole rings is 1. The van der Waals surface area contributed by atoms with E-state index in [9.17, 15) is 4.39 Å². The Kier molecular flexibility index (Phi) is 4.84. The third-order valence-electron chi connectivity index (χ3n) is 2.91. The second-order valence-electron chi connectivity index (χ2n) is 4.35. The zero-order valence-corrected chi connectivity index (χ0v) is 11.2. The van der Waals surface area contributed by atoms with Crippen molar-refractivity contribution in [3.8, 4) is 0 Å². The van der Waals surface area contributed by atoms with Gasteiger partial charge in [0.2, 0.25) is 0 Å². The van der Waals surface area contributed by atoms with Gasteiger partial charge in [0.05, 0.1) is 5.01 Å². The first-order valence-electron chi connectivity index (χ1n) is 6.06. The maximum Gasteiger partial charge on any atom is 0.126 e. The lowest BCUT2D eigenvalue weighted by Crippen LogP contribution is -2.23. The Hall–Kier alpha value is -1.26. The van der Waals surface area contributed by atoms with E-state index in [2.05, 4.69) is 10.3 Å². The molecular weight excluding hydrogens is 247 g/mol. The van der Waals surface area contributed by atoms with Crippen molar-refractivity contribution in [1.82, 2.24) is 10.3 Å². The quantitative estimate of drug-likeness (QED) is 0.867. The molecule has 0 fully saturated rings. The Bertz CT molecular complexity index is 470. The van der Waals surface area contributed by atoms with Crippen molar-refractivity contribution in [2.75, 3.05) is 13.6 Å². The fourth-order valence-electron chi connectivity index (χ4n) is 2.08. The number of halogens is 1. The molecule has 2 rings (SSSR count). The van der Waals surface area contributed by atoms with Crippen LogP contribution in [-0.2, 0) is 12.8 Å². The monoisotopic (exact) mass is 264 g/mol. The maximum atomic E-state index is 13.6. The van der Waals surface area contributed by atoms with Crippen molar-refractivity contribution in [2.24, 2.45) is 5.92 Å². The highest BCUT2D eigenvalue weighted by molar-refractivity contribution is 7.09. The topological polar surface area (TPSA) is 24.9 Å². The van der Waals surface area contributed by atoms with Gasteiger partial charge in [0, 0.05) is 18.0 Å².